The van der Waals surface area contributed by atoms with E-state index in [2.05, 4.69) is 22.0 Å². The van der Waals surface area contributed by atoms with Gasteiger partial charge in [0.05, 0.1) is 12.1 Å². The fraction of sp³-hybridized carbons (Fsp3) is 0.885. The highest BCUT2D eigenvalue weighted by Gasteiger charge is 2.49. The molecule has 7 nitrogen and oxygen atoms in total. The van der Waals surface area contributed by atoms with Crippen molar-refractivity contribution in [2.45, 2.75) is 115 Å². The van der Waals surface area contributed by atoms with E-state index >= 15 is 0 Å². The summed E-state index contributed by atoms with van der Waals surface area (Å²) in [5, 5.41) is 3.19. The van der Waals surface area contributed by atoms with E-state index in [1.54, 1.807) is 6.92 Å². The van der Waals surface area contributed by atoms with Gasteiger partial charge in [-0.2, -0.15) is 0 Å². The SMILES string of the molecule is CC(=O)N1C2CCC(C3CCC(C(=O)NC4CC4)CC3)CC2N(C(=O)C2CCCO2)C[C@@H]1C. The monoisotopic (exact) mass is 459 g/mol. The van der Waals surface area contributed by atoms with Crippen LogP contribution in [0.3, 0.4) is 0 Å². The van der Waals surface area contributed by atoms with Crippen LogP contribution in [0.1, 0.15) is 84.5 Å². The Labute approximate surface area is 198 Å². The van der Waals surface area contributed by atoms with Crippen LogP contribution in [-0.4, -0.2) is 70.9 Å². The van der Waals surface area contributed by atoms with E-state index in [1.165, 1.54) is 0 Å². The normalized spacial score (nSPS) is 39.2. The van der Waals surface area contributed by atoms with Gasteiger partial charge in [-0.25, -0.2) is 0 Å². The summed E-state index contributed by atoms with van der Waals surface area (Å²) in [6.45, 7) is 5.03. The van der Waals surface area contributed by atoms with Crippen LogP contribution in [0.5, 0.6) is 0 Å². The summed E-state index contributed by atoms with van der Waals surface area (Å²) in [5.74, 6) is 1.91. The average Bonchev–Trinajstić information content (AvgIpc) is 3.45. The molecule has 3 amide bonds. The van der Waals surface area contributed by atoms with Crippen molar-refractivity contribution in [2.75, 3.05) is 13.2 Å². The number of nitrogens with one attached hydrogen (secondary N) is 1. The second-order valence-corrected chi connectivity index (χ2v) is 11.4. The molecule has 7 heteroatoms. The van der Waals surface area contributed by atoms with Crippen molar-refractivity contribution in [1.29, 1.82) is 0 Å². The number of hydrogen-bond acceptors (Lipinski definition) is 4. The molecule has 5 aliphatic rings. The summed E-state index contributed by atoms with van der Waals surface area (Å²) in [7, 11) is 0. The number of piperazine rings is 1. The Bertz CT molecular complexity index is 755. The Balaban J connectivity index is 1.25. The molecule has 0 bridgehead atoms. The lowest BCUT2D eigenvalue weighted by atomic mass is 9.68. The molecule has 0 aromatic rings. The van der Waals surface area contributed by atoms with Crippen molar-refractivity contribution in [3.05, 3.63) is 0 Å². The highest BCUT2D eigenvalue weighted by atomic mass is 16.5. The Morgan fingerprint density at radius 2 is 1.61 bits per heavy atom. The van der Waals surface area contributed by atoms with Crippen LogP contribution < -0.4 is 5.32 Å². The second-order valence-electron chi connectivity index (χ2n) is 11.4. The molecule has 184 valence electrons. The smallest absolute Gasteiger partial charge is 0.252 e. The molecule has 0 aromatic heterocycles. The van der Waals surface area contributed by atoms with Crippen LogP contribution in [0.2, 0.25) is 0 Å². The lowest BCUT2D eigenvalue weighted by Gasteiger charge is -2.55. The van der Waals surface area contributed by atoms with Gasteiger partial charge in [-0.05, 0) is 89.4 Å². The van der Waals surface area contributed by atoms with Gasteiger partial charge in [-0.1, -0.05) is 0 Å². The number of amides is 3. The van der Waals surface area contributed by atoms with Gasteiger partial charge >= 0.3 is 0 Å². The zero-order valence-corrected chi connectivity index (χ0v) is 20.3. The lowest BCUT2D eigenvalue weighted by molar-refractivity contribution is -0.160. The molecule has 0 spiro atoms. The summed E-state index contributed by atoms with van der Waals surface area (Å²) in [5.41, 5.74) is 0. The molecule has 0 radical (unpaired) electrons. The number of carbonyl (C=O) groups excluding carboxylic acids is 3. The molecule has 1 N–H and O–H groups in total. The minimum Gasteiger partial charge on any atom is -0.368 e. The molecule has 5 rings (SSSR count). The van der Waals surface area contributed by atoms with E-state index in [0.29, 0.717) is 31.0 Å². The summed E-state index contributed by atoms with van der Waals surface area (Å²) < 4.78 is 5.76. The van der Waals surface area contributed by atoms with E-state index < -0.39 is 0 Å². The largest absolute Gasteiger partial charge is 0.368 e. The molecule has 3 saturated carbocycles. The number of hydrogen-bond donors (Lipinski definition) is 1. The van der Waals surface area contributed by atoms with E-state index in [4.69, 9.17) is 4.74 Å². The molecule has 4 unspecified atom stereocenters. The summed E-state index contributed by atoms with van der Waals surface area (Å²) in [6.07, 6.45) is 11.0. The van der Waals surface area contributed by atoms with Crippen LogP contribution in [0.15, 0.2) is 0 Å². The summed E-state index contributed by atoms with van der Waals surface area (Å²) >= 11 is 0. The minimum absolute atomic E-state index is 0.0473. The third-order valence-corrected chi connectivity index (χ3v) is 9.10. The van der Waals surface area contributed by atoms with E-state index in [1.807, 2.05) is 0 Å². The van der Waals surface area contributed by atoms with Crippen LogP contribution in [0.25, 0.3) is 0 Å². The molecule has 0 aromatic carbocycles. The van der Waals surface area contributed by atoms with Gasteiger partial charge in [-0.3, -0.25) is 14.4 Å². The molecular weight excluding hydrogens is 418 g/mol. The highest BCUT2D eigenvalue weighted by Crippen LogP contribution is 2.44. The summed E-state index contributed by atoms with van der Waals surface area (Å²) in [4.78, 5) is 42.6. The molecule has 2 heterocycles. The molecule has 2 saturated heterocycles. The average molecular weight is 460 g/mol. The molecule has 5 atom stereocenters. The fourth-order valence-electron chi connectivity index (χ4n) is 7.24. The Morgan fingerprint density at radius 1 is 0.879 bits per heavy atom. The highest BCUT2D eigenvalue weighted by molar-refractivity contribution is 5.82. The van der Waals surface area contributed by atoms with Gasteiger partial charge in [0.15, 0.2) is 0 Å². The molecule has 3 aliphatic carbocycles. The predicted octanol–water partition coefficient (Wildman–Crippen LogP) is 2.87. The van der Waals surface area contributed by atoms with Gasteiger partial charge in [0.2, 0.25) is 11.8 Å². The van der Waals surface area contributed by atoms with Crippen molar-refractivity contribution in [2.24, 2.45) is 17.8 Å². The molecule has 33 heavy (non-hydrogen) atoms. The number of ether oxygens (including phenoxy) is 1. The number of nitrogens with zero attached hydrogens (tertiary/aromatic N) is 2. The molecule has 2 aliphatic heterocycles. The van der Waals surface area contributed by atoms with Gasteiger partial charge in [-0.15, -0.1) is 0 Å². The van der Waals surface area contributed by atoms with Crippen LogP contribution >= 0.6 is 0 Å². The van der Waals surface area contributed by atoms with Crippen molar-refractivity contribution in [3.63, 3.8) is 0 Å². The fourth-order valence-corrected chi connectivity index (χ4v) is 7.24. The molecule has 5 fully saturated rings. The van der Waals surface area contributed by atoms with Crippen LogP contribution in [-0.2, 0) is 19.1 Å². The maximum atomic E-state index is 13.4. The lowest BCUT2D eigenvalue weighted by Crippen LogP contribution is -2.68. The number of fused-ring (bicyclic) bond motifs is 1. The Morgan fingerprint density at radius 3 is 2.24 bits per heavy atom. The van der Waals surface area contributed by atoms with Crippen LogP contribution in [0, 0.1) is 17.8 Å². The third-order valence-electron chi connectivity index (χ3n) is 9.10. The van der Waals surface area contributed by atoms with E-state index in [9.17, 15) is 14.4 Å². The first-order chi connectivity index (χ1) is 15.9. The second kappa shape index (κ2) is 9.55. The Hall–Kier alpha value is -1.63. The zero-order chi connectivity index (χ0) is 23.1. The summed E-state index contributed by atoms with van der Waals surface area (Å²) in [6, 6.07) is 0.701. The van der Waals surface area contributed by atoms with Crippen molar-refractivity contribution in [3.8, 4) is 0 Å². The maximum Gasteiger partial charge on any atom is 0.252 e. The van der Waals surface area contributed by atoms with E-state index in [-0.39, 0.29) is 47.9 Å². The standard InChI is InChI=1S/C26H41N3O4/c1-16-15-28(26(32)24-4-3-13-33-24)23-14-20(9-12-22(23)29(16)17(2)30)18-5-7-19(8-6-18)25(31)27-21-10-11-21/h16,18-24H,3-15H2,1-2H3,(H,27,31)/t16-,18?,19?,20?,22?,23?,24?/m0/s1. The van der Waals surface area contributed by atoms with Gasteiger partial charge in [0, 0.05) is 38.1 Å². The molecular formula is C26H41N3O4. The first-order valence-corrected chi connectivity index (χ1v) is 13.4. The van der Waals surface area contributed by atoms with Crippen LogP contribution in [0.4, 0.5) is 0 Å². The minimum atomic E-state index is -0.303. The number of rotatable bonds is 4. The topological polar surface area (TPSA) is 79.0 Å². The van der Waals surface area contributed by atoms with Gasteiger partial charge < -0.3 is 19.9 Å². The predicted molar refractivity (Wildman–Crippen MR) is 124 cm³/mol. The maximum absolute atomic E-state index is 13.4. The zero-order valence-electron chi connectivity index (χ0n) is 20.3. The first-order valence-electron chi connectivity index (χ1n) is 13.4. The van der Waals surface area contributed by atoms with Gasteiger partial charge in [0.1, 0.15) is 6.10 Å². The van der Waals surface area contributed by atoms with E-state index in [0.717, 1.165) is 70.6 Å². The third kappa shape index (κ3) is 4.80. The van der Waals surface area contributed by atoms with Crippen molar-refractivity contribution < 1.29 is 19.1 Å². The first kappa shape index (κ1) is 23.1. The van der Waals surface area contributed by atoms with Gasteiger partial charge in [0.25, 0.3) is 5.91 Å². The number of carbonyl (C=O) groups is 3. The quantitative estimate of drug-likeness (QED) is 0.701. The van der Waals surface area contributed by atoms with Crippen molar-refractivity contribution >= 4 is 17.7 Å². The van der Waals surface area contributed by atoms with Crippen molar-refractivity contribution in [1.82, 2.24) is 15.1 Å². The Kier molecular flexibility index (Phi) is 6.69.